The van der Waals surface area contributed by atoms with Crippen molar-refractivity contribution in [2.24, 2.45) is 5.73 Å². The molecule has 1 aromatic carbocycles. The average Bonchev–Trinajstić information content (AvgIpc) is 2.48. The minimum absolute atomic E-state index is 0.154. The summed E-state index contributed by atoms with van der Waals surface area (Å²) < 4.78 is 13.4. The number of nitrogens with zero attached hydrogens (tertiary/aromatic N) is 1. The number of aromatic nitrogens is 1. The molecule has 21 heavy (non-hydrogen) atoms. The third-order valence-electron chi connectivity index (χ3n) is 2.79. The van der Waals surface area contributed by atoms with E-state index in [2.05, 4.69) is 22.1 Å². The number of benzene rings is 1. The number of hydrogen-bond donors (Lipinski definition) is 2. The van der Waals surface area contributed by atoms with E-state index in [0.29, 0.717) is 11.4 Å². The number of nitrogens with one attached hydrogen (secondary N) is 1. The van der Waals surface area contributed by atoms with Crippen molar-refractivity contribution in [3.05, 3.63) is 59.0 Å². The molecule has 0 atom stereocenters. The molecular weight excluding hydrogens is 269 g/mol. The molecule has 0 bridgehead atoms. The topological polar surface area (TPSA) is 68.0 Å². The van der Waals surface area contributed by atoms with E-state index < -0.39 is 11.7 Å². The first-order valence-corrected chi connectivity index (χ1v) is 6.33. The second-order valence-electron chi connectivity index (χ2n) is 4.32. The van der Waals surface area contributed by atoms with Gasteiger partial charge in [0.1, 0.15) is 11.6 Å². The second kappa shape index (κ2) is 6.64. The van der Waals surface area contributed by atoms with Crippen LogP contribution in [0.4, 0.5) is 10.2 Å². The second-order valence-corrected chi connectivity index (χ2v) is 4.32. The summed E-state index contributed by atoms with van der Waals surface area (Å²) >= 11 is 0. The number of carbonyl (C=O) groups excluding carboxylic acids is 1. The number of anilines is 1. The number of aryl methyl sites for hydroxylation is 1. The van der Waals surface area contributed by atoms with Gasteiger partial charge in [0.05, 0.1) is 12.1 Å². The van der Waals surface area contributed by atoms with Crippen molar-refractivity contribution >= 4 is 11.7 Å². The Morgan fingerprint density at radius 2 is 2.24 bits per heavy atom. The molecule has 0 saturated heterocycles. The zero-order valence-corrected chi connectivity index (χ0v) is 11.5. The summed E-state index contributed by atoms with van der Waals surface area (Å²) in [5.74, 6) is 4.88. The van der Waals surface area contributed by atoms with Crippen LogP contribution < -0.4 is 11.1 Å². The molecule has 1 aromatic heterocycles. The number of halogens is 1. The van der Waals surface area contributed by atoms with Crippen molar-refractivity contribution in [3.8, 4) is 11.8 Å². The Kier molecular flexibility index (Phi) is 4.64. The van der Waals surface area contributed by atoms with Crippen LogP contribution in [0.5, 0.6) is 0 Å². The Hall–Kier alpha value is -2.71. The van der Waals surface area contributed by atoms with Gasteiger partial charge in [0, 0.05) is 11.8 Å². The molecule has 2 rings (SSSR count). The van der Waals surface area contributed by atoms with E-state index in [-0.39, 0.29) is 12.1 Å². The molecule has 0 aliphatic carbocycles. The quantitative estimate of drug-likeness (QED) is 0.829. The molecule has 1 heterocycles. The van der Waals surface area contributed by atoms with Gasteiger partial charge >= 0.3 is 0 Å². The van der Waals surface area contributed by atoms with E-state index in [1.807, 2.05) is 13.0 Å². The van der Waals surface area contributed by atoms with Gasteiger partial charge in [-0.05, 0) is 36.8 Å². The highest BCUT2D eigenvalue weighted by molar-refractivity contribution is 6.05. The molecule has 106 valence electrons. The Balaban J connectivity index is 2.34. The molecule has 3 N–H and O–H groups in total. The Morgan fingerprint density at radius 3 is 2.95 bits per heavy atom. The minimum Gasteiger partial charge on any atom is -0.320 e. The molecule has 0 saturated carbocycles. The van der Waals surface area contributed by atoms with Crippen LogP contribution in [0.2, 0.25) is 0 Å². The number of nitrogens with two attached hydrogens (primary N) is 1. The van der Waals surface area contributed by atoms with Crippen LogP contribution in [-0.2, 0) is 0 Å². The van der Waals surface area contributed by atoms with E-state index in [1.54, 1.807) is 12.3 Å². The summed E-state index contributed by atoms with van der Waals surface area (Å²) in [6, 6.07) is 7.45. The summed E-state index contributed by atoms with van der Waals surface area (Å²) in [6.07, 6.45) is 1.57. The standard InChI is InChI=1S/C16H14FN3O/c1-11-4-3-9-19-15(11)20-16(21)14-10-13(17)7-6-12(14)5-2-8-18/h3-4,6-7,9-10H,8,18H2,1H3,(H,19,20,21). The van der Waals surface area contributed by atoms with Crippen LogP contribution in [0.25, 0.3) is 0 Å². The summed E-state index contributed by atoms with van der Waals surface area (Å²) in [7, 11) is 0. The van der Waals surface area contributed by atoms with Gasteiger partial charge in [-0.3, -0.25) is 4.79 Å². The van der Waals surface area contributed by atoms with Crippen LogP contribution in [0.1, 0.15) is 21.5 Å². The highest BCUT2D eigenvalue weighted by Crippen LogP contribution is 2.15. The molecule has 0 spiro atoms. The summed E-state index contributed by atoms with van der Waals surface area (Å²) in [4.78, 5) is 16.4. The van der Waals surface area contributed by atoms with Gasteiger partial charge in [0.15, 0.2) is 0 Å². The highest BCUT2D eigenvalue weighted by Gasteiger charge is 2.13. The zero-order valence-electron chi connectivity index (χ0n) is 11.5. The van der Waals surface area contributed by atoms with E-state index >= 15 is 0 Å². The highest BCUT2D eigenvalue weighted by atomic mass is 19.1. The zero-order chi connectivity index (χ0) is 15.2. The molecule has 0 unspecified atom stereocenters. The smallest absolute Gasteiger partial charge is 0.258 e. The SMILES string of the molecule is Cc1cccnc1NC(=O)c1cc(F)ccc1C#CCN. The predicted molar refractivity (Wildman–Crippen MR) is 79.3 cm³/mol. The van der Waals surface area contributed by atoms with Gasteiger partial charge in [-0.25, -0.2) is 9.37 Å². The Labute approximate surface area is 122 Å². The van der Waals surface area contributed by atoms with Crippen molar-refractivity contribution in [1.29, 1.82) is 0 Å². The van der Waals surface area contributed by atoms with Gasteiger partial charge in [0.25, 0.3) is 5.91 Å². The normalized spacial score (nSPS) is 9.67. The molecule has 0 aliphatic rings. The number of pyridine rings is 1. The van der Waals surface area contributed by atoms with Gasteiger partial charge < -0.3 is 11.1 Å². The van der Waals surface area contributed by atoms with E-state index in [9.17, 15) is 9.18 Å². The molecular formula is C16H14FN3O. The predicted octanol–water partition coefficient (Wildman–Crippen LogP) is 2.09. The third-order valence-corrected chi connectivity index (χ3v) is 2.79. The minimum atomic E-state index is -0.504. The summed E-state index contributed by atoms with van der Waals surface area (Å²) in [6.45, 7) is 1.99. The monoisotopic (exact) mass is 283 g/mol. The van der Waals surface area contributed by atoms with E-state index in [1.165, 1.54) is 12.1 Å². The lowest BCUT2D eigenvalue weighted by Crippen LogP contribution is -2.15. The van der Waals surface area contributed by atoms with Gasteiger partial charge in [-0.15, -0.1) is 0 Å². The van der Waals surface area contributed by atoms with Crippen LogP contribution in [0.3, 0.4) is 0 Å². The first-order valence-electron chi connectivity index (χ1n) is 6.33. The van der Waals surface area contributed by atoms with Crippen molar-refractivity contribution in [1.82, 2.24) is 4.98 Å². The largest absolute Gasteiger partial charge is 0.320 e. The fourth-order valence-corrected chi connectivity index (χ4v) is 1.75. The van der Waals surface area contributed by atoms with Crippen LogP contribution in [0, 0.1) is 24.6 Å². The third kappa shape index (κ3) is 3.65. The number of hydrogen-bond acceptors (Lipinski definition) is 3. The van der Waals surface area contributed by atoms with Crippen molar-refractivity contribution in [2.75, 3.05) is 11.9 Å². The molecule has 5 heteroatoms. The lowest BCUT2D eigenvalue weighted by molar-refractivity contribution is 0.102. The van der Waals surface area contributed by atoms with Crippen LogP contribution >= 0.6 is 0 Å². The first-order chi connectivity index (χ1) is 10.1. The maximum atomic E-state index is 13.4. The van der Waals surface area contributed by atoms with E-state index in [4.69, 9.17) is 5.73 Å². The molecule has 2 aromatic rings. The lowest BCUT2D eigenvalue weighted by atomic mass is 10.1. The van der Waals surface area contributed by atoms with Gasteiger partial charge in [-0.1, -0.05) is 17.9 Å². The van der Waals surface area contributed by atoms with Gasteiger partial charge in [0.2, 0.25) is 0 Å². The van der Waals surface area contributed by atoms with Crippen LogP contribution in [-0.4, -0.2) is 17.4 Å². The molecule has 4 nitrogen and oxygen atoms in total. The van der Waals surface area contributed by atoms with Crippen molar-refractivity contribution in [2.45, 2.75) is 6.92 Å². The first kappa shape index (κ1) is 14.7. The molecule has 1 amide bonds. The summed E-state index contributed by atoms with van der Waals surface area (Å²) in [5, 5.41) is 2.65. The number of amides is 1. The number of rotatable bonds is 2. The maximum Gasteiger partial charge on any atom is 0.258 e. The Morgan fingerprint density at radius 1 is 1.43 bits per heavy atom. The van der Waals surface area contributed by atoms with Crippen molar-refractivity contribution < 1.29 is 9.18 Å². The fraction of sp³-hybridized carbons (Fsp3) is 0.125. The molecule has 0 aliphatic heterocycles. The fourth-order valence-electron chi connectivity index (χ4n) is 1.75. The van der Waals surface area contributed by atoms with E-state index in [0.717, 1.165) is 11.6 Å². The lowest BCUT2D eigenvalue weighted by Gasteiger charge is -2.08. The summed E-state index contributed by atoms with van der Waals surface area (Å²) in [5.41, 5.74) is 6.71. The van der Waals surface area contributed by atoms with Crippen molar-refractivity contribution in [3.63, 3.8) is 0 Å². The average molecular weight is 283 g/mol. The molecule has 0 radical (unpaired) electrons. The maximum absolute atomic E-state index is 13.4. The van der Waals surface area contributed by atoms with Gasteiger partial charge in [-0.2, -0.15) is 0 Å². The van der Waals surface area contributed by atoms with Crippen LogP contribution in [0.15, 0.2) is 36.5 Å². The Bertz CT molecular complexity index is 732. The number of carbonyl (C=O) groups is 1. The molecule has 0 fully saturated rings.